The molecule has 1 aromatic heterocycles. The van der Waals surface area contributed by atoms with Crippen molar-refractivity contribution in [1.82, 2.24) is 0 Å². The van der Waals surface area contributed by atoms with E-state index in [1.165, 1.54) is 0 Å². The first-order chi connectivity index (χ1) is 12.3. The van der Waals surface area contributed by atoms with Gasteiger partial charge in [-0.2, -0.15) is 0 Å². The van der Waals surface area contributed by atoms with Crippen LogP contribution in [-0.4, -0.2) is 19.0 Å². The van der Waals surface area contributed by atoms with Crippen LogP contribution in [0, 0.1) is 18.6 Å². The predicted octanol–water partition coefficient (Wildman–Crippen LogP) is 4.71. The Balaban J connectivity index is 1.98. The first-order valence-electron chi connectivity index (χ1n) is 7.39. The molecule has 134 valence electrons. The Hall–Kier alpha value is -2.93. The van der Waals surface area contributed by atoms with Gasteiger partial charge in [-0.05, 0) is 31.2 Å². The minimum Gasteiger partial charge on any atom is -0.465 e. The molecule has 0 saturated carbocycles. The van der Waals surface area contributed by atoms with Crippen molar-refractivity contribution in [3.05, 3.63) is 63.9 Å². The minimum absolute atomic E-state index is 0.0504. The second-order valence-electron chi connectivity index (χ2n) is 5.45. The Morgan fingerprint density at radius 1 is 1.15 bits per heavy atom. The van der Waals surface area contributed by atoms with Crippen molar-refractivity contribution in [3.63, 3.8) is 0 Å². The van der Waals surface area contributed by atoms with Gasteiger partial charge in [-0.3, -0.25) is 4.79 Å². The SMILES string of the molecule is COC(=O)c1cc(NC(=O)c2oc3ccc(Cl)cc3c2C)c(F)cc1F. The zero-order valence-corrected chi connectivity index (χ0v) is 14.4. The number of fused-ring (bicyclic) bond motifs is 1. The number of amides is 1. The van der Waals surface area contributed by atoms with Crippen LogP contribution in [0.15, 0.2) is 34.7 Å². The fraction of sp³-hybridized carbons (Fsp3) is 0.111. The summed E-state index contributed by atoms with van der Waals surface area (Å²) in [6.07, 6.45) is 0. The number of rotatable bonds is 3. The van der Waals surface area contributed by atoms with Gasteiger partial charge < -0.3 is 14.5 Å². The van der Waals surface area contributed by atoms with Gasteiger partial charge in [0.15, 0.2) is 5.76 Å². The maximum absolute atomic E-state index is 14.0. The van der Waals surface area contributed by atoms with Gasteiger partial charge in [0.1, 0.15) is 17.2 Å². The van der Waals surface area contributed by atoms with E-state index in [0.717, 1.165) is 13.2 Å². The Labute approximate surface area is 151 Å². The Morgan fingerprint density at radius 2 is 1.88 bits per heavy atom. The highest BCUT2D eigenvalue weighted by Crippen LogP contribution is 2.29. The number of aryl methyl sites for hydroxylation is 1. The second-order valence-corrected chi connectivity index (χ2v) is 5.89. The summed E-state index contributed by atoms with van der Waals surface area (Å²) in [6.45, 7) is 1.65. The first kappa shape index (κ1) is 17.9. The van der Waals surface area contributed by atoms with E-state index in [1.807, 2.05) is 0 Å². The van der Waals surface area contributed by atoms with Gasteiger partial charge in [0, 0.05) is 22.0 Å². The molecule has 0 fully saturated rings. The number of hydrogen-bond acceptors (Lipinski definition) is 4. The van der Waals surface area contributed by atoms with E-state index in [0.29, 0.717) is 27.6 Å². The van der Waals surface area contributed by atoms with Crippen molar-refractivity contribution in [3.8, 4) is 0 Å². The van der Waals surface area contributed by atoms with Crippen molar-refractivity contribution in [2.45, 2.75) is 6.92 Å². The van der Waals surface area contributed by atoms with Crippen LogP contribution in [0.1, 0.15) is 26.5 Å². The van der Waals surface area contributed by atoms with Crippen LogP contribution in [-0.2, 0) is 4.74 Å². The zero-order chi connectivity index (χ0) is 19.0. The van der Waals surface area contributed by atoms with Crippen molar-refractivity contribution in [2.75, 3.05) is 12.4 Å². The second kappa shape index (κ2) is 6.76. The maximum atomic E-state index is 14.0. The predicted molar refractivity (Wildman–Crippen MR) is 91.6 cm³/mol. The lowest BCUT2D eigenvalue weighted by atomic mass is 10.1. The van der Waals surface area contributed by atoms with E-state index in [4.69, 9.17) is 16.0 Å². The summed E-state index contributed by atoms with van der Waals surface area (Å²) in [6, 6.07) is 6.21. The summed E-state index contributed by atoms with van der Waals surface area (Å²) in [5.74, 6) is -3.93. The molecule has 0 aliphatic carbocycles. The monoisotopic (exact) mass is 379 g/mol. The van der Waals surface area contributed by atoms with E-state index in [2.05, 4.69) is 10.1 Å². The molecule has 1 N–H and O–H groups in total. The highest BCUT2D eigenvalue weighted by atomic mass is 35.5. The zero-order valence-electron chi connectivity index (χ0n) is 13.7. The molecule has 0 saturated heterocycles. The number of hydrogen-bond donors (Lipinski definition) is 1. The van der Waals surface area contributed by atoms with E-state index in [1.54, 1.807) is 25.1 Å². The third-order valence-electron chi connectivity index (χ3n) is 3.81. The molecule has 0 atom stereocenters. The Bertz CT molecular complexity index is 1050. The van der Waals surface area contributed by atoms with Gasteiger partial charge in [-0.15, -0.1) is 0 Å². The Kier molecular flexibility index (Phi) is 4.65. The molecule has 0 aliphatic heterocycles. The molecule has 8 heteroatoms. The molecule has 0 unspecified atom stereocenters. The summed E-state index contributed by atoms with van der Waals surface area (Å²) in [4.78, 5) is 24.0. The van der Waals surface area contributed by atoms with Gasteiger partial charge in [-0.1, -0.05) is 11.6 Å². The summed E-state index contributed by atoms with van der Waals surface area (Å²) in [5.41, 5.74) is 0.0644. The molecule has 2 aromatic carbocycles. The molecule has 5 nitrogen and oxygen atoms in total. The standard InChI is InChI=1S/C18H12ClF2NO4/c1-8-10-5-9(19)3-4-15(10)26-16(8)17(23)22-14-6-11(18(24)25-2)12(20)7-13(14)21/h3-7H,1-2H3,(H,22,23). The number of carbonyl (C=O) groups excluding carboxylic acids is 2. The largest absolute Gasteiger partial charge is 0.465 e. The molecule has 3 rings (SSSR count). The summed E-state index contributed by atoms with van der Waals surface area (Å²) >= 11 is 5.93. The van der Waals surface area contributed by atoms with Crippen molar-refractivity contribution in [2.24, 2.45) is 0 Å². The maximum Gasteiger partial charge on any atom is 0.340 e. The van der Waals surface area contributed by atoms with Gasteiger partial charge in [0.25, 0.3) is 5.91 Å². The average Bonchev–Trinajstić information content (AvgIpc) is 2.93. The van der Waals surface area contributed by atoms with E-state index in [-0.39, 0.29) is 11.4 Å². The molecule has 26 heavy (non-hydrogen) atoms. The lowest BCUT2D eigenvalue weighted by Gasteiger charge is -2.08. The van der Waals surface area contributed by atoms with Gasteiger partial charge in [0.05, 0.1) is 18.4 Å². The molecule has 0 bridgehead atoms. The highest BCUT2D eigenvalue weighted by Gasteiger charge is 2.22. The molecule has 3 aromatic rings. The lowest BCUT2D eigenvalue weighted by molar-refractivity contribution is 0.0595. The molecular formula is C18H12ClF2NO4. The van der Waals surface area contributed by atoms with Gasteiger partial charge in [-0.25, -0.2) is 13.6 Å². The number of nitrogens with one attached hydrogen (secondary N) is 1. The molecular weight excluding hydrogens is 368 g/mol. The summed E-state index contributed by atoms with van der Waals surface area (Å²) in [5, 5.41) is 3.38. The Morgan fingerprint density at radius 3 is 2.58 bits per heavy atom. The number of ether oxygens (including phenoxy) is 1. The molecule has 0 spiro atoms. The fourth-order valence-electron chi connectivity index (χ4n) is 2.50. The smallest absolute Gasteiger partial charge is 0.340 e. The third-order valence-corrected chi connectivity index (χ3v) is 4.05. The normalized spacial score (nSPS) is 10.8. The average molecular weight is 380 g/mol. The van der Waals surface area contributed by atoms with Crippen LogP contribution in [0.5, 0.6) is 0 Å². The van der Waals surface area contributed by atoms with Crippen molar-refractivity contribution < 1.29 is 27.5 Å². The van der Waals surface area contributed by atoms with Crippen LogP contribution < -0.4 is 5.32 Å². The lowest BCUT2D eigenvalue weighted by Crippen LogP contribution is -2.15. The van der Waals surface area contributed by atoms with Crippen LogP contribution in [0.2, 0.25) is 5.02 Å². The van der Waals surface area contributed by atoms with Gasteiger partial charge in [0.2, 0.25) is 0 Å². The van der Waals surface area contributed by atoms with E-state index >= 15 is 0 Å². The number of anilines is 1. The summed E-state index contributed by atoms with van der Waals surface area (Å²) in [7, 11) is 1.06. The number of esters is 1. The fourth-order valence-corrected chi connectivity index (χ4v) is 2.67. The summed E-state index contributed by atoms with van der Waals surface area (Å²) < 4.78 is 37.6. The number of methoxy groups -OCH3 is 1. The molecule has 1 heterocycles. The van der Waals surface area contributed by atoms with Crippen LogP contribution in [0.25, 0.3) is 11.0 Å². The van der Waals surface area contributed by atoms with Crippen molar-refractivity contribution >= 4 is 40.1 Å². The van der Waals surface area contributed by atoms with E-state index in [9.17, 15) is 18.4 Å². The number of benzene rings is 2. The third kappa shape index (κ3) is 3.13. The van der Waals surface area contributed by atoms with E-state index < -0.39 is 29.1 Å². The molecule has 0 aliphatic rings. The number of halogens is 3. The quantitative estimate of drug-likeness (QED) is 0.669. The van der Waals surface area contributed by atoms with Crippen LogP contribution in [0.4, 0.5) is 14.5 Å². The molecule has 1 amide bonds. The number of carbonyl (C=O) groups is 2. The highest BCUT2D eigenvalue weighted by molar-refractivity contribution is 6.31. The van der Waals surface area contributed by atoms with Crippen molar-refractivity contribution in [1.29, 1.82) is 0 Å². The topological polar surface area (TPSA) is 68.5 Å². The van der Waals surface area contributed by atoms with Crippen LogP contribution in [0.3, 0.4) is 0 Å². The molecule has 0 radical (unpaired) electrons. The van der Waals surface area contributed by atoms with Gasteiger partial charge >= 0.3 is 5.97 Å². The first-order valence-corrected chi connectivity index (χ1v) is 7.77. The van der Waals surface area contributed by atoms with Crippen LogP contribution >= 0.6 is 11.6 Å². The minimum atomic E-state index is -1.10. The number of furan rings is 1.